The average Bonchev–Trinajstić information content (AvgIpc) is 3.11. The first-order valence-electron chi connectivity index (χ1n) is 16.9. The van der Waals surface area contributed by atoms with E-state index in [1.54, 1.807) is 4.90 Å². The minimum atomic E-state index is -0.0690. The number of benzene rings is 3. The van der Waals surface area contributed by atoms with Crippen LogP contribution in [-0.2, 0) is 17.9 Å². The lowest BCUT2D eigenvalue weighted by Gasteiger charge is -2.36. The zero-order valence-corrected chi connectivity index (χ0v) is 29.7. The minimum absolute atomic E-state index is 0.0432. The number of para-hydroxylation sites is 1. The van der Waals surface area contributed by atoms with Crippen molar-refractivity contribution in [3.8, 4) is 11.1 Å². The van der Waals surface area contributed by atoms with Crippen LogP contribution in [0.5, 0.6) is 0 Å². The molecule has 4 aromatic rings. The van der Waals surface area contributed by atoms with E-state index < -0.39 is 0 Å². The molecule has 254 valence electrons. The summed E-state index contributed by atoms with van der Waals surface area (Å²) < 4.78 is 0. The summed E-state index contributed by atoms with van der Waals surface area (Å²) in [4.78, 5) is 40.5. The number of carbonyl (C=O) groups excluding carboxylic acids is 2. The number of fused-ring (bicyclic) bond motifs is 1. The first kappa shape index (κ1) is 35.9. The lowest BCUT2D eigenvalue weighted by molar-refractivity contribution is -0.122. The molecule has 1 N–H and O–H groups in total. The fourth-order valence-corrected chi connectivity index (χ4v) is 6.80. The molecule has 1 aliphatic heterocycles. The van der Waals surface area contributed by atoms with Gasteiger partial charge in [-0.25, -0.2) is 4.98 Å². The Morgan fingerprint density at radius 1 is 0.833 bits per heavy atom. The third-order valence-corrected chi connectivity index (χ3v) is 9.30. The maximum Gasteiger partial charge on any atom is 0.272 e. The van der Waals surface area contributed by atoms with Crippen LogP contribution in [0.15, 0.2) is 84.9 Å². The molecule has 0 saturated carbocycles. The van der Waals surface area contributed by atoms with Crippen LogP contribution in [0.3, 0.4) is 0 Å². The van der Waals surface area contributed by atoms with Gasteiger partial charge in [-0.05, 0) is 42.3 Å². The minimum Gasteiger partial charge on any atom is -0.354 e. The van der Waals surface area contributed by atoms with E-state index in [1.165, 1.54) is 0 Å². The SMILES string of the molecule is CN(Cc1ccccc1)C(=O)c1nc2ccccc2c(-c2ccccc2)c1CN1CCN(CCCN(CCS)CC(=O)NCCS)CC1. The normalized spacial score (nSPS) is 14.0. The molecule has 0 atom stereocenters. The number of rotatable bonds is 16. The van der Waals surface area contributed by atoms with E-state index in [4.69, 9.17) is 4.98 Å². The molecule has 0 aliphatic carbocycles. The molecule has 2 amide bonds. The predicted octanol–water partition coefficient (Wildman–Crippen LogP) is 4.96. The molecular weight excluding hydrogens is 637 g/mol. The van der Waals surface area contributed by atoms with Gasteiger partial charge >= 0.3 is 0 Å². The summed E-state index contributed by atoms with van der Waals surface area (Å²) >= 11 is 8.58. The van der Waals surface area contributed by atoms with Crippen LogP contribution >= 0.6 is 25.3 Å². The fourth-order valence-electron chi connectivity index (χ4n) is 6.40. The summed E-state index contributed by atoms with van der Waals surface area (Å²) in [6.45, 7) is 8.48. The lowest BCUT2D eigenvalue weighted by atomic mass is 9.93. The molecule has 1 aliphatic rings. The number of nitrogens with zero attached hydrogens (tertiary/aromatic N) is 5. The van der Waals surface area contributed by atoms with Gasteiger partial charge in [0.25, 0.3) is 5.91 Å². The number of piperazine rings is 1. The van der Waals surface area contributed by atoms with E-state index in [0.717, 1.165) is 91.1 Å². The molecule has 0 radical (unpaired) electrons. The lowest BCUT2D eigenvalue weighted by Crippen LogP contribution is -2.47. The highest BCUT2D eigenvalue weighted by Crippen LogP contribution is 2.35. The molecule has 10 heteroatoms. The van der Waals surface area contributed by atoms with Gasteiger partial charge in [-0.15, -0.1) is 0 Å². The van der Waals surface area contributed by atoms with Crippen LogP contribution in [0, 0.1) is 0 Å². The molecule has 0 bridgehead atoms. The van der Waals surface area contributed by atoms with Gasteiger partial charge in [0.2, 0.25) is 5.91 Å². The maximum absolute atomic E-state index is 14.2. The molecule has 1 aromatic heterocycles. The highest BCUT2D eigenvalue weighted by Gasteiger charge is 2.27. The van der Waals surface area contributed by atoms with E-state index in [0.29, 0.717) is 37.6 Å². The van der Waals surface area contributed by atoms with Crippen molar-refractivity contribution in [1.29, 1.82) is 0 Å². The number of amides is 2. The number of carbonyl (C=O) groups is 2. The molecule has 2 heterocycles. The molecule has 1 fully saturated rings. The second kappa shape index (κ2) is 18.4. The number of hydrogen-bond acceptors (Lipinski definition) is 8. The monoisotopic (exact) mass is 684 g/mol. The third-order valence-electron chi connectivity index (χ3n) is 8.88. The second-order valence-corrected chi connectivity index (χ2v) is 13.3. The largest absolute Gasteiger partial charge is 0.354 e. The van der Waals surface area contributed by atoms with Crippen LogP contribution in [-0.4, -0.2) is 114 Å². The Morgan fingerprint density at radius 2 is 1.50 bits per heavy atom. The van der Waals surface area contributed by atoms with Gasteiger partial charge in [-0.1, -0.05) is 78.9 Å². The summed E-state index contributed by atoms with van der Waals surface area (Å²) in [5.41, 5.74) is 5.60. The average molecular weight is 685 g/mol. The van der Waals surface area contributed by atoms with Crippen molar-refractivity contribution in [3.05, 3.63) is 102 Å². The van der Waals surface area contributed by atoms with Crippen molar-refractivity contribution >= 4 is 48.0 Å². The van der Waals surface area contributed by atoms with Crippen LogP contribution in [0.1, 0.15) is 28.0 Å². The second-order valence-electron chi connectivity index (χ2n) is 12.4. The molecule has 48 heavy (non-hydrogen) atoms. The molecule has 0 unspecified atom stereocenters. The van der Waals surface area contributed by atoms with E-state index in [9.17, 15) is 9.59 Å². The van der Waals surface area contributed by atoms with Gasteiger partial charge in [0.05, 0.1) is 12.1 Å². The van der Waals surface area contributed by atoms with Crippen molar-refractivity contribution in [2.45, 2.75) is 19.5 Å². The Balaban J connectivity index is 1.31. The summed E-state index contributed by atoms with van der Waals surface area (Å²) in [5, 5.41) is 3.97. The highest BCUT2D eigenvalue weighted by atomic mass is 32.1. The topological polar surface area (TPSA) is 72.0 Å². The number of aromatic nitrogens is 1. The molecule has 1 saturated heterocycles. The molecule has 3 aromatic carbocycles. The van der Waals surface area contributed by atoms with Crippen molar-refractivity contribution in [2.75, 3.05) is 77.5 Å². The van der Waals surface area contributed by atoms with E-state index >= 15 is 0 Å². The highest BCUT2D eigenvalue weighted by molar-refractivity contribution is 7.80. The number of nitrogens with one attached hydrogen (secondary N) is 1. The summed E-state index contributed by atoms with van der Waals surface area (Å²) in [5.74, 6) is 1.33. The van der Waals surface area contributed by atoms with E-state index in [-0.39, 0.29) is 11.8 Å². The van der Waals surface area contributed by atoms with Crippen molar-refractivity contribution < 1.29 is 9.59 Å². The molecular formula is C38H48N6O2S2. The first-order valence-corrected chi connectivity index (χ1v) is 18.1. The molecule has 8 nitrogen and oxygen atoms in total. The summed E-state index contributed by atoms with van der Waals surface area (Å²) in [6.07, 6.45) is 0.993. The number of thiol groups is 2. The summed E-state index contributed by atoms with van der Waals surface area (Å²) in [6, 6.07) is 28.7. The smallest absolute Gasteiger partial charge is 0.272 e. The van der Waals surface area contributed by atoms with Crippen LogP contribution in [0.2, 0.25) is 0 Å². The number of hydrogen-bond donors (Lipinski definition) is 3. The fraction of sp³-hybridized carbons (Fsp3) is 0.395. The molecule has 0 spiro atoms. The van der Waals surface area contributed by atoms with E-state index in [2.05, 4.69) is 75.6 Å². The maximum atomic E-state index is 14.2. The Kier molecular flexibility index (Phi) is 13.7. The van der Waals surface area contributed by atoms with Gasteiger partial charge in [-0.2, -0.15) is 25.3 Å². The standard InChI is InChI=1S/C38H48N6O2S2/c1-41(27-30-11-4-2-5-12-30)38(46)37-33(36(31-13-6-3-7-14-31)32-15-8-9-16-34(32)40-37)28-44-22-20-42(21-23-44)18-10-19-43(24-26-48)29-35(45)39-17-25-47/h2-9,11-16,47-48H,10,17-29H2,1H3,(H,39,45). The zero-order chi connectivity index (χ0) is 33.7. The van der Waals surface area contributed by atoms with Crippen molar-refractivity contribution in [1.82, 2.24) is 29.9 Å². The Bertz CT molecular complexity index is 1620. The molecule has 5 rings (SSSR count). The Morgan fingerprint density at radius 3 is 2.21 bits per heavy atom. The van der Waals surface area contributed by atoms with Crippen molar-refractivity contribution in [3.63, 3.8) is 0 Å². The Labute approximate surface area is 296 Å². The predicted molar refractivity (Wildman–Crippen MR) is 203 cm³/mol. The first-order chi connectivity index (χ1) is 23.5. The van der Waals surface area contributed by atoms with Gasteiger partial charge in [0.1, 0.15) is 5.69 Å². The van der Waals surface area contributed by atoms with Gasteiger partial charge < -0.3 is 15.1 Å². The quantitative estimate of drug-likeness (QED) is 0.145. The van der Waals surface area contributed by atoms with E-state index in [1.807, 2.05) is 61.6 Å². The number of pyridine rings is 1. The van der Waals surface area contributed by atoms with Crippen LogP contribution < -0.4 is 5.32 Å². The van der Waals surface area contributed by atoms with Gasteiger partial charge in [-0.3, -0.25) is 19.4 Å². The van der Waals surface area contributed by atoms with Gasteiger partial charge in [0, 0.05) is 81.9 Å². The van der Waals surface area contributed by atoms with Crippen LogP contribution in [0.4, 0.5) is 0 Å². The Hall–Kier alpha value is -3.41. The van der Waals surface area contributed by atoms with Crippen LogP contribution in [0.25, 0.3) is 22.0 Å². The van der Waals surface area contributed by atoms with Crippen molar-refractivity contribution in [2.24, 2.45) is 0 Å². The summed E-state index contributed by atoms with van der Waals surface area (Å²) in [7, 11) is 1.86. The van der Waals surface area contributed by atoms with Gasteiger partial charge in [0.15, 0.2) is 0 Å². The third kappa shape index (κ3) is 9.83. The zero-order valence-electron chi connectivity index (χ0n) is 27.9.